The molecule has 1 aliphatic rings. The molecule has 1 N–H and O–H groups in total. The number of benzene rings is 1. The maximum atomic E-state index is 13.3. The lowest BCUT2D eigenvalue weighted by Crippen LogP contribution is -2.43. The molecule has 3 rings (SSSR count). The molecule has 1 aromatic carbocycles. The number of ether oxygens (including phenoxy) is 1. The predicted octanol–water partition coefficient (Wildman–Crippen LogP) is 1.71. The van der Waals surface area contributed by atoms with Crippen LogP contribution in [0, 0.1) is 11.7 Å². The molecule has 29 heavy (non-hydrogen) atoms. The van der Waals surface area contributed by atoms with E-state index in [0.717, 1.165) is 6.42 Å². The van der Waals surface area contributed by atoms with Crippen LogP contribution >= 0.6 is 0 Å². The van der Waals surface area contributed by atoms with E-state index >= 15 is 0 Å². The Morgan fingerprint density at radius 1 is 1.34 bits per heavy atom. The highest BCUT2D eigenvalue weighted by atomic mass is 19.1. The highest BCUT2D eigenvalue weighted by molar-refractivity contribution is 5.78. The SMILES string of the molecule is CCOC(=O)[C@@H]1CCCN(C(=O)CCc2nnc(-c3cccc(F)c3)[nH]c2=O)C1. The maximum absolute atomic E-state index is 13.3. The van der Waals surface area contributed by atoms with Gasteiger partial charge in [-0.25, -0.2) is 4.39 Å². The molecule has 2 aromatic rings. The van der Waals surface area contributed by atoms with Gasteiger partial charge in [0.1, 0.15) is 11.5 Å². The maximum Gasteiger partial charge on any atom is 0.310 e. The first kappa shape index (κ1) is 20.6. The highest BCUT2D eigenvalue weighted by Gasteiger charge is 2.29. The third kappa shape index (κ3) is 5.24. The van der Waals surface area contributed by atoms with Crippen LogP contribution in [0.5, 0.6) is 0 Å². The largest absolute Gasteiger partial charge is 0.466 e. The van der Waals surface area contributed by atoms with Gasteiger partial charge in [0.2, 0.25) is 5.91 Å². The molecule has 0 radical (unpaired) electrons. The first-order chi connectivity index (χ1) is 14.0. The standard InChI is InChI=1S/C20H23FN4O4/c1-2-29-20(28)14-6-4-10-25(12-14)17(26)9-8-16-19(27)22-18(24-23-16)13-5-3-7-15(21)11-13/h3,5,7,11,14H,2,4,6,8-10,12H2,1H3,(H,22,24,27)/t14-/m1/s1. The number of H-pyrrole nitrogens is 1. The summed E-state index contributed by atoms with van der Waals surface area (Å²) in [6.07, 6.45) is 1.66. The summed E-state index contributed by atoms with van der Waals surface area (Å²) in [6, 6.07) is 5.67. The normalized spacial score (nSPS) is 16.5. The zero-order chi connectivity index (χ0) is 20.8. The van der Waals surface area contributed by atoms with Gasteiger partial charge < -0.3 is 14.6 Å². The molecule has 1 saturated heterocycles. The third-order valence-electron chi connectivity index (χ3n) is 4.83. The Bertz CT molecular complexity index is 946. The van der Waals surface area contributed by atoms with E-state index in [1.807, 2.05) is 0 Å². The molecule has 0 saturated carbocycles. The van der Waals surface area contributed by atoms with Crippen molar-refractivity contribution in [3.63, 3.8) is 0 Å². The number of aromatic amines is 1. The minimum Gasteiger partial charge on any atom is -0.466 e. The molecule has 0 bridgehead atoms. The lowest BCUT2D eigenvalue weighted by Gasteiger charge is -2.31. The molecule has 1 fully saturated rings. The molecule has 9 heteroatoms. The first-order valence-electron chi connectivity index (χ1n) is 9.64. The number of aryl methyl sites for hydroxylation is 1. The average Bonchev–Trinajstić information content (AvgIpc) is 2.73. The second-order valence-corrected chi connectivity index (χ2v) is 6.89. The van der Waals surface area contributed by atoms with Gasteiger partial charge in [0.15, 0.2) is 5.82 Å². The van der Waals surface area contributed by atoms with Crippen LogP contribution in [0.4, 0.5) is 4.39 Å². The van der Waals surface area contributed by atoms with E-state index in [9.17, 15) is 18.8 Å². The zero-order valence-corrected chi connectivity index (χ0v) is 16.2. The number of carbonyl (C=O) groups is 2. The average molecular weight is 402 g/mol. The van der Waals surface area contributed by atoms with Crippen molar-refractivity contribution >= 4 is 11.9 Å². The fourth-order valence-corrected chi connectivity index (χ4v) is 3.33. The molecule has 0 spiro atoms. The number of piperidine rings is 1. The van der Waals surface area contributed by atoms with Gasteiger partial charge in [-0.3, -0.25) is 14.4 Å². The van der Waals surface area contributed by atoms with Crippen molar-refractivity contribution in [3.8, 4) is 11.4 Å². The van der Waals surface area contributed by atoms with Gasteiger partial charge in [-0.2, -0.15) is 0 Å². The van der Waals surface area contributed by atoms with E-state index < -0.39 is 11.4 Å². The Balaban J connectivity index is 1.60. The number of likely N-dealkylation sites (tertiary alicyclic amines) is 1. The zero-order valence-electron chi connectivity index (χ0n) is 16.2. The van der Waals surface area contributed by atoms with Crippen LogP contribution in [0.25, 0.3) is 11.4 Å². The van der Waals surface area contributed by atoms with Crippen LogP contribution in [-0.2, 0) is 20.7 Å². The number of rotatable bonds is 6. The Kier molecular flexibility index (Phi) is 6.69. The second-order valence-electron chi connectivity index (χ2n) is 6.89. The molecule has 1 aromatic heterocycles. The number of nitrogens with zero attached hydrogens (tertiary/aromatic N) is 3. The summed E-state index contributed by atoms with van der Waals surface area (Å²) in [5, 5.41) is 7.85. The molecule has 1 amide bonds. The number of esters is 1. The van der Waals surface area contributed by atoms with Gasteiger partial charge in [-0.1, -0.05) is 12.1 Å². The first-order valence-corrected chi connectivity index (χ1v) is 9.64. The van der Waals surface area contributed by atoms with Crippen LogP contribution in [0.1, 0.15) is 31.9 Å². The van der Waals surface area contributed by atoms with Gasteiger partial charge in [-0.05, 0) is 31.9 Å². The Hall–Kier alpha value is -3.10. The minimum atomic E-state index is -0.463. The summed E-state index contributed by atoms with van der Waals surface area (Å²) in [5.41, 5.74) is 0.0862. The van der Waals surface area contributed by atoms with Crippen LogP contribution < -0.4 is 5.56 Å². The number of aromatic nitrogens is 3. The summed E-state index contributed by atoms with van der Waals surface area (Å²) >= 11 is 0. The van der Waals surface area contributed by atoms with Gasteiger partial charge >= 0.3 is 5.97 Å². The molecule has 8 nitrogen and oxygen atoms in total. The summed E-state index contributed by atoms with van der Waals surface area (Å²) < 4.78 is 18.4. The van der Waals surface area contributed by atoms with Crippen molar-refractivity contribution in [2.24, 2.45) is 5.92 Å². The lowest BCUT2D eigenvalue weighted by atomic mass is 9.98. The van der Waals surface area contributed by atoms with Crippen molar-refractivity contribution in [2.45, 2.75) is 32.6 Å². The summed E-state index contributed by atoms with van der Waals surface area (Å²) in [6.45, 7) is 2.98. The van der Waals surface area contributed by atoms with Gasteiger partial charge in [0.05, 0.1) is 12.5 Å². The van der Waals surface area contributed by atoms with Gasteiger partial charge in [0.25, 0.3) is 5.56 Å². The lowest BCUT2D eigenvalue weighted by molar-refractivity contribution is -0.151. The Morgan fingerprint density at radius 2 is 2.17 bits per heavy atom. The molecule has 154 valence electrons. The Labute approximate surface area is 167 Å². The molecule has 0 aliphatic carbocycles. The van der Waals surface area contributed by atoms with Crippen LogP contribution in [0.2, 0.25) is 0 Å². The van der Waals surface area contributed by atoms with Crippen molar-refractivity contribution in [2.75, 3.05) is 19.7 Å². The molecular formula is C20H23FN4O4. The van der Waals surface area contributed by atoms with Crippen molar-refractivity contribution in [1.82, 2.24) is 20.1 Å². The predicted molar refractivity (Wildman–Crippen MR) is 102 cm³/mol. The van der Waals surface area contributed by atoms with E-state index in [-0.39, 0.29) is 42.2 Å². The second kappa shape index (κ2) is 9.40. The van der Waals surface area contributed by atoms with E-state index in [1.165, 1.54) is 18.2 Å². The summed E-state index contributed by atoms with van der Waals surface area (Å²) in [5.74, 6) is -1.00. The number of hydrogen-bond acceptors (Lipinski definition) is 6. The van der Waals surface area contributed by atoms with Gasteiger partial charge in [0, 0.05) is 31.5 Å². The third-order valence-corrected chi connectivity index (χ3v) is 4.83. The summed E-state index contributed by atoms with van der Waals surface area (Å²) in [7, 11) is 0. The van der Waals surface area contributed by atoms with Crippen LogP contribution in [0.3, 0.4) is 0 Å². The van der Waals surface area contributed by atoms with Gasteiger partial charge in [-0.15, -0.1) is 10.2 Å². The molecule has 2 heterocycles. The fourth-order valence-electron chi connectivity index (χ4n) is 3.33. The number of halogens is 1. The van der Waals surface area contributed by atoms with Crippen molar-refractivity contribution < 1.29 is 18.7 Å². The molecule has 1 atom stereocenters. The smallest absolute Gasteiger partial charge is 0.310 e. The topological polar surface area (TPSA) is 105 Å². The van der Waals surface area contributed by atoms with Crippen LogP contribution in [-0.4, -0.2) is 51.7 Å². The minimum absolute atomic E-state index is 0.0899. The number of hydrogen-bond donors (Lipinski definition) is 1. The van der Waals surface area contributed by atoms with E-state index in [0.29, 0.717) is 31.7 Å². The van der Waals surface area contributed by atoms with E-state index in [1.54, 1.807) is 17.9 Å². The quantitative estimate of drug-likeness (QED) is 0.738. The number of carbonyl (C=O) groups excluding carboxylic acids is 2. The highest BCUT2D eigenvalue weighted by Crippen LogP contribution is 2.19. The molecule has 1 aliphatic heterocycles. The van der Waals surface area contributed by atoms with Crippen LogP contribution in [0.15, 0.2) is 29.1 Å². The van der Waals surface area contributed by atoms with Crippen molar-refractivity contribution in [3.05, 3.63) is 46.1 Å². The monoisotopic (exact) mass is 402 g/mol. The van der Waals surface area contributed by atoms with Crippen molar-refractivity contribution in [1.29, 1.82) is 0 Å². The summed E-state index contributed by atoms with van der Waals surface area (Å²) in [4.78, 5) is 40.9. The van der Waals surface area contributed by atoms with E-state index in [2.05, 4.69) is 15.2 Å². The van der Waals surface area contributed by atoms with E-state index in [4.69, 9.17) is 4.74 Å². The number of nitrogens with one attached hydrogen (secondary N) is 1. The Morgan fingerprint density at radius 3 is 2.90 bits per heavy atom. The molecular weight excluding hydrogens is 379 g/mol. The molecule has 0 unspecified atom stereocenters. The number of amides is 1. The fraction of sp³-hybridized carbons (Fsp3) is 0.450.